The Morgan fingerprint density at radius 1 is 1.11 bits per heavy atom. The number of hydrogen-bond acceptors (Lipinski definition) is 4. The number of rotatable bonds is 8. The van der Waals surface area contributed by atoms with E-state index in [9.17, 15) is 9.90 Å². The molecule has 0 fully saturated rings. The van der Waals surface area contributed by atoms with Crippen LogP contribution >= 0.6 is 11.3 Å². The summed E-state index contributed by atoms with van der Waals surface area (Å²) in [4.78, 5) is 14.3. The van der Waals surface area contributed by atoms with Crippen LogP contribution in [0, 0.1) is 0 Å². The largest absolute Gasteiger partial charge is 0.487 e. The highest BCUT2D eigenvalue weighted by Crippen LogP contribution is 2.36. The van der Waals surface area contributed by atoms with Crippen LogP contribution in [0.4, 0.5) is 0 Å². The van der Waals surface area contributed by atoms with Crippen molar-refractivity contribution in [2.75, 3.05) is 6.61 Å². The second-order valence-electron chi connectivity index (χ2n) is 6.21. The van der Waals surface area contributed by atoms with Crippen molar-refractivity contribution in [1.29, 1.82) is 0 Å². The maximum absolute atomic E-state index is 12.8. The first-order valence-corrected chi connectivity index (χ1v) is 9.80. The maximum atomic E-state index is 12.8. The molecular weight excluding hydrogens is 358 g/mol. The Balaban J connectivity index is 1.86. The first-order chi connectivity index (χ1) is 13.2. The lowest BCUT2D eigenvalue weighted by molar-refractivity contribution is 0.0915. The standard InChI is InChI=1S/C22H23NO3S/c1-2-18(14-24)23-22(25)21-19(26-15-16-9-5-3-6-10-16)13-20(27-21)17-11-7-4-8-12-17/h3-13,18,24H,2,14-15H2,1H3,(H,23,25). The van der Waals surface area contributed by atoms with Crippen molar-refractivity contribution in [2.45, 2.75) is 26.0 Å². The van der Waals surface area contributed by atoms with Crippen molar-refractivity contribution >= 4 is 17.2 Å². The number of amides is 1. The van der Waals surface area contributed by atoms with Crippen molar-refractivity contribution in [1.82, 2.24) is 5.32 Å². The third kappa shape index (κ3) is 4.96. The summed E-state index contributed by atoms with van der Waals surface area (Å²) in [5.74, 6) is 0.346. The van der Waals surface area contributed by atoms with E-state index in [4.69, 9.17) is 4.74 Å². The van der Waals surface area contributed by atoms with Gasteiger partial charge in [-0.05, 0) is 23.6 Å². The monoisotopic (exact) mass is 381 g/mol. The average molecular weight is 381 g/mol. The number of hydrogen-bond donors (Lipinski definition) is 2. The minimum absolute atomic E-state index is 0.0840. The smallest absolute Gasteiger partial charge is 0.265 e. The van der Waals surface area contributed by atoms with Crippen LogP contribution in [0.3, 0.4) is 0 Å². The number of thiophene rings is 1. The van der Waals surface area contributed by atoms with Crippen LogP contribution in [0.15, 0.2) is 66.7 Å². The van der Waals surface area contributed by atoms with E-state index in [-0.39, 0.29) is 18.6 Å². The van der Waals surface area contributed by atoms with Gasteiger partial charge in [0.2, 0.25) is 0 Å². The van der Waals surface area contributed by atoms with Gasteiger partial charge in [-0.3, -0.25) is 4.79 Å². The van der Waals surface area contributed by atoms with Gasteiger partial charge in [-0.15, -0.1) is 11.3 Å². The zero-order valence-electron chi connectivity index (χ0n) is 15.2. The molecule has 1 aromatic heterocycles. The Hall–Kier alpha value is -2.63. The summed E-state index contributed by atoms with van der Waals surface area (Å²) in [6.45, 7) is 2.24. The van der Waals surface area contributed by atoms with Crippen LogP contribution in [-0.4, -0.2) is 23.7 Å². The van der Waals surface area contributed by atoms with Crippen LogP contribution in [0.2, 0.25) is 0 Å². The minimum atomic E-state index is -0.262. The SMILES string of the molecule is CCC(CO)NC(=O)c1sc(-c2ccccc2)cc1OCc1ccccc1. The summed E-state index contributed by atoms with van der Waals surface area (Å²) in [5.41, 5.74) is 2.08. The van der Waals surface area contributed by atoms with Crippen molar-refractivity contribution in [3.8, 4) is 16.2 Å². The number of carbonyl (C=O) groups is 1. The zero-order valence-corrected chi connectivity index (χ0v) is 16.0. The lowest BCUT2D eigenvalue weighted by Crippen LogP contribution is -2.36. The van der Waals surface area contributed by atoms with Crippen molar-refractivity contribution in [2.24, 2.45) is 0 Å². The normalized spacial score (nSPS) is 11.8. The fraction of sp³-hybridized carbons (Fsp3) is 0.227. The second-order valence-corrected chi connectivity index (χ2v) is 7.26. The number of nitrogens with one attached hydrogen (secondary N) is 1. The molecule has 2 N–H and O–H groups in total. The molecule has 27 heavy (non-hydrogen) atoms. The van der Waals surface area contributed by atoms with Gasteiger partial charge in [-0.2, -0.15) is 0 Å². The number of ether oxygens (including phenoxy) is 1. The zero-order chi connectivity index (χ0) is 19.1. The van der Waals surface area contributed by atoms with Gasteiger partial charge in [-0.25, -0.2) is 0 Å². The molecule has 0 aliphatic heterocycles. The molecule has 0 saturated heterocycles. The molecule has 4 nitrogen and oxygen atoms in total. The Morgan fingerprint density at radius 2 is 1.78 bits per heavy atom. The second kappa shape index (κ2) is 9.35. The van der Waals surface area contributed by atoms with E-state index in [2.05, 4.69) is 5.32 Å². The molecule has 0 saturated carbocycles. The van der Waals surface area contributed by atoms with Crippen molar-refractivity contribution in [3.05, 3.63) is 77.2 Å². The summed E-state index contributed by atoms with van der Waals surface area (Å²) in [7, 11) is 0. The van der Waals surface area contributed by atoms with Crippen LogP contribution in [0.5, 0.6) is 5.75 Å². The lowest BCUT2D eigenvalue weighted by atomic mass is 10.2. The minimum Gasteiger partial charge on any atom is -0.487 e. The number of carbonyl (C=O) groups excluding carboxylic acids is 1. The van der Waals surface area contributed by atoms with Gasteiger partial charge >= 0.3 is 0 Å². The Kier molecular flexibility index (Phi) is 6.63. The Morgan fingerprint density at radius 3 is 2.41 bits per heavy atom. The van der Waals surface area contributed by atoms with Gasteiger partial charge < -0.3 is 15.2 Å². The molecule has 0 spiro atoms. The molecule has 1 amide bonds. The Labute approximate surface area is 163 Å². The van der Waals surface area contributed by atoms with E-state index < -0.39 is 0 Å². The third-order valence-corrected chi connectivity index (χ3v) is 5.41. The first kappa shape index (κ1) is 19.1. The Bertz CT molecular complexity index is 858. The van der Waals surface area contributed by atoms with Crippen molar-refractivity contribution < 1.29 is 14.6 Å². The molecule has 0 bridgehead atoms. The fourth-order valence-electron chi connectivity index (χ4n) is 2.65. The summed E-state index contributed by atoms with van der Waals surface area (Å²) in [6.07, 6.45) is 0.666. The highest BCUT2D eigenvalue weighted by atomic mass is 32.1. The molecule has 1 unspecified atom stereocenters. The third-order valence-electron chi connectivity index (χ3n) is 4.25. The van der Waals surface area contributed by atoms with Crippen LogP contribution in [-0.2, 0) is 6.61 Å². The fourth-order valence-corrected chi connectivity index (χ4v) is 3.66. The van der Waals surface area contributed by atoms with Gasteiger partial charge in [0.1, 0.15) is 17.2 Å². The van der Waals surface area contributed by atoms with Gasteiger partial charge in [0.15, 0.2) is 0 Å². The lowest BCUT2D eigenvalue weighted by Gasteiger charge is -2.14. The van der Waals surface area contributed by atoms with Gasteiger partial charge in [-0.1, -0.05) is 67.6 Å². The average Bonchev–Trinajstić information content (AvgIpc) is 3.16. The summed E-state index contributed by atoms with van der Waals surface area (Å²) in [6, 6.07) is 21.4. The van der Waals surface area contributed by atoms with Crippen molar-refractivity contribution in [3.63, 3.8) is 0 Å². The van der Waals surface area contributed by atoms with Crippen LogP contribution < -0.4 is 10.1 Å². The van der Waals surface area contributed by atoms with Gasteiger partial charge in [0.05, 0.1) is 12.6 Å². The van der Waals surface area contributed by atoms with Crippen LogP contribution in [0.25, 0.3) is 10.4 Å². The summed E-state index contributed by atoms with van der Waals surface area (Å²) < 4.78 is 5.98. The molecule has 2 aromatic carbocycles. The van der Waals surface area contributed by atoms with E-state index in [0.29, 0.717) is 23.7 Å². The summed E-state index contributed by atoms with van der Waals surface area (Å²) >= 11 is 1.40. The van der Waals surface area contributed by atoms with E-state index in [0.717, 1.165) is 16.0 Å². The molecular formula is C22H23NO3S. The van der Waals surface area contributed by atoms with E-state index in [1.165, 1.54) is 11.3 Å². The predicted molar refractivity (Wildman–Crippen MR) is 109 cm³/mol. The highest BCUT2D eigenvalue weighted by Gasteiger charge is 2.20. The first-order valence-electron chi connectivity index (χ1n) is 8.99. The van der Waals surface area contributed by atoms with E-state index in [1.807, 2.05) is 73.7 Å². The maximum Gasteiger partial charge on any atom is 0.265 e. The van der Waals surface area contributed by atoms with E-state index >= 15 is 0 Å². The van der Waals surface area contributed by atoms with Gasteiger partial charge in [0.25, 0.3) is 5.91 Å². The van der Waals surface area contributed by atoms with E-state index in [1.54, 1.807) is 0 Å². The van der Waals surface area contributed by atoms with Crippen LogP contribution in [0.1, 0.15) is 28.6 Å². The van der Waals surface area contributed by atoms with Gasteiger partial charge in [0, 0.05) is 4.88 Å². The topological polar surface area (TPSA) is 58.6 Å². The molecule has 1 heterocycles. The highest BCUT2D eigenvalue weighted by molar-refractivity contribution is 7.17. The number of aliphatic hydroxyl groups excluding tert-OH is 1. The molecule has 140 valence electrons. The quantitative estimate of drug-likeness (QED) is 0.604. The molecule has 0 aliphatic rings. The molecule has 3 rings (SSSR count). The molecule has 0 aliphatic carbocycles. The molecule has 0 radical (unpaired) electrons. The molecule has 5 heteroatoms. The summed E-state index contributed by atoms with van der Waals surface area (Å²) in [5, 5.41) is 12.3. The number of aliphatic hydroxyl groups is 1. The molecule has 3 aromatic rings. The molecule has 1 atom stereocenters. The predicted octanol–water partition coefficient (Wildman–Crippen LogP) is 4.49. The number of benzene rings is 2.